The minimum Gasteiger partial charge on any atom is -0.481 e. The average Bonchev–Trinajstić information content (AvgIpc) is 2.09. The zero-order valence-electron chi connectivity index (χ0n) is 5.93. The number of halogens is 1. The molecule has 0 fully saturated rings. The summed E-state index contributed by atoms with van der Waals surface area (Å²) in [7, 11) is 0. The van der Waals surface area contributed by atoms with Crippen molar-refractivity contribution in [2.24, 2.45) is 0 Å². The second-order valence-corrected chi connectivity index (χ2v) is 4.00. The maximum absolute atomic E-state index is 10.3. The summed E-state index contributed by atoms with van der Waals surface area (Å²) in [5, 5.41) is 8.46. The van der Waals surface area contributed by atoms with E-state index in [1.165, 1.54) is 11.3 Å². The molecule has 2 nitrogen and oxygen atoms in total. The van der Waals surface area contributed by atoms with Gasteiger partial charge in [0, 0.05) is 4.88 Å². The van der Waals surface area contributed by atoms with Gasteiger partial charge in [-0.05, 0) is 18.6 Å². The standard InChI is InChI=1S/C7H7ClO2S/c1-4-2-6(8)11-5(4)3-7(9)10/h2H,3H2,1H3,(H,9,10). The largest absolute Gasteiger partial charge is 0.481 e. The number of carboxylic acids is 1. The first kappa shape index (κ1) is 8.56. The van der Waals surface area contributed by atoms with Crippen LogP contribution < -0.4 is 0 Å². The Morgan fingerprint density at radius 2 is 2.45 bits per heavy atom. The first-order chi connectivity index (χ1) is 5.09. The number of rotatable bonds is 2. The molecule has 0 aliphatic rings. The first-order valence-electron chi connectivity index (χ1n) is 3.06. The number of carbonyl (C=O) groups is 1. The fourth-order valence-corrected chi connectivity index (χ4v) is 2.12. The molecule has 0 aromatic carbocycles. The van der Waals surface area contributed by atoms with E-state index in [1.54, 1.807) is 6.07 Å². The summed E-state index contributed by atoms with van der Waals surface area (Å²) in [6.07, 6.45) is 0.0726. The molecule has 60 valence electrons. The minimum atomic E-state index is -0.813. The van der Waals surface area contributed by atoms with Gasteiger partial charge in [0.1, 0.15) is 0 Å². The Labute approximate surface area is 73.4 Å². The van der Waals surface area contributed by atoms with Gasteiger partial charge in [-0.1, -0.05) is 11.6 Å². The predicted molar refractivity (Wildman–Crippen MR) is 45.4 cm³/mol. The highest BCUT2D eigenvalue weighted by atomic mass is 35.5. The smallest absolute Gasteiger partial charge is 0.308 e. The normalized spacial score (nSPS) is 10.0. The van der Waals surface area contributed by atoms with Gasteiger partial charge in [-0.25, -0.2) is 0 Å². The van der Waals surface area contributed by atoms with Gasteiger partial charge in [0.15, 0.2) is 0 Å². The molecule has 1 rings (SSSR count). The quantitative estimate of drug-likeness (QED) is 0.778. The second kappa shape index (κ2) is 3.24. The SMILES string of the molecule is Cc1cc(Cl)sc1CC(=O)O. The molecule has 0 bridgehead atoms. The van der Waals surface area contributed by atoms with Gasteiger partial charge in [-0.2, -0.15) is 0 Å². The number of aliphatic carboxylic acids is 1. The zero-order chi connectivity index (χ0) is 8.43. The van der Waals surface area contributed by atoms with Crippen molar-refractivity contribution in [2.45, 2.75) is 13.3 Å². The lowest BCUT2D eigenvalue weighted by Crippen LogP contribution is -1.98. The summed E-state index contributed by atoms with van der Waals surface area (Å²) in [6.45, 7) is 1.86. The Morgan fingerprint density at radius 1 is 1.82 bits per heavy atom. The topological polar surface area (TPSA) is 37.3 Å². The molecule has 0 radical (unpaired) electrons. The lowest BCUT2D eigenvalue weighted by Gasteiger charge is -1.91. The average molecular weight is 191 g/mol. The Hall–Kier alpha value is -0.540. The third-order valence-corrected chi connectivity index (χ3v) is 2.67. The highest BCUT2D eigenvalue weighted by molar-refractivity contribution is 7.16. The van der Waals surface area contributed by atoms with Gasteiger partial charge < -0.3 is 5.11 Å². The van der Waals surface area contributed by atoms with Crippen LogP contribution >= 0.6 is 22.9 Å². The van der Waals surface area contributed by atoms with Crippen molar-refractivity contribution in [2.75, 3.05) is 0 Å². The van der Waals surface area contributed by atoms with Crippen LogP contribution in [-0.4, -0.2) is 11.1 Å². The number of carboxylic acid groups (broad SMARTS) is 1. The van der Waals surface area contributed by atoms with E-state index in [4.69, 9.17) is 16.7 Å². The van der Waals surface area contributed by atoms with Crippen LogP contribution in [0.5, 0.6) is 0 Å². The van der Waals surface area contributed by atoms with E-state index in [0.717, 1.165) is 10.4 Å². The summed E-state index contributed by atoms with van der Waals surface area (Å²) >= 11 is 7.00. The number of thiophene rings is 1. The molecule has 0 amide bonds. The van der Waals surface area contributed by atoms with E-state index < -0.39 is 5.97 Å². The molecule has 0 aliphatic carbocycles. The van der Waals surface area contributed by atoms with Gasteiger partial charge in [0.25, 0.3) is 0 Å². The van der Waals surface area contributed by atoms with Gasteiger partial charge in [-0.3, -0.25) is 4.79 Å². The molecule has 1 N–H and O–H groups in total. The van der Waals surface area contributed by atoms with Crippen LogP contribution in [-0.2, 0) is 11.2 Å². The van der Waals surface area contributed by atoms with Crippen LogP contribution in [0.25, 0.3) is 0 Å². The van der Waals surface area contributed by atoms with Crippen molar-refractivity contribution in [3.05, 3.63) is 20.8 Å². The van der Waals surface area contributed by atoms with Gasteiger partial charge in [-0.15, -0.1) is 11.3 Å². The van der Waals surface area contributed by atoms with E-state index >= 15 is 0 Å². The second-order valence-electron chi connectivity index (χ2n) is 2.23. The highest BCUT2D eigenvalue weighted by Crippen LogP contribution is 2.26. The van der Waals surface area contributed by atoms with E-state index in [-0.39, 0.29) is 6.42 Å². The van der Waals surface area contributed by atoms with E-state index in [0.29, 0.717) is 4.34 Å². The summed E-state index contributed by atoms with van der Waals surface area (Å²) in [6, 6.07) is 1.78. The fraction of sp³-hybridized carbons (Fsp3) is 0.286. The Morgan fingerprint density at radius 3 is 2.82 bits per heavy atom. The number of hydrogen-bond acceptors (Lipinski definition) is 2. The van der Waals surface area contributed by atoms with E-state index in [9.17, 15) is 4.79 Å². The van der Waals surface area contributed by atoms with Crippen LogP contribution in [0.4, 0.5) is 0 Å². The van der Waals surface area contributed by atoms with Gasteiger partial charge in [0.2, 0.25) is 0 Å². The molecule has 1 aromatic heterocycles. The van der Waals surface area contributed by atoms with Crippen molar-refractivity contribution >= 4 is 28.9 Å². The van der Waals surface area contributed by atoms with Gasteiger partial charge in [0.05, 0.1) is 10.8 Å². The molecule has 0 atom stereocenters. The summed E-state index contributed by atoms with van der Waals surface area (Å²) in [5.41, 5.74) is 0.961. The van der Waals surface area contributed by atoms with Crippen molar-refractivity contribution in [3.8, 4) is 0 Å². The van der Waals surface area contributed by atoms with E-state index in [2.05, 4.69) is 0 Å². The third kappa shape index (κ3) is 2.20. The molecule has 0 saturated carbocycles. The van der Waals surface area contributed by atoms with Gasteiger partial charge >= 0.3 is 5.97 Å². The molecule has 0 unspecified atom stereocenters. The molecule has 11 heavy (non-hydrogen) atoms. The predicted octanol–water partition coefficient (Wildman–Crippen LogP) is 2.34. The summed E-state index contributed by atoms with van der Waals surface area (Å²) < 4.78 is 0.652. The molecular weight excluding hydrogens is 184 g/mol. The van der Waals surface area contributed by atoms with Crippen molar-refractivity contribution in [3.63, 3.8) is 0 Å². The molecular formula is C7H7ClO2S. The molecule has 4 heteroatoms. The van der Waals surface area contributed by atoms with Crippen molar-refractivity contribution in [1.29, 1.82) is 0 Å². The minimum absolute atomic E-state index is 0.0726. The first-order valence-corrected chi connectivity index (χ1v) is 4.25. The maximum atomic E-state index is 10.3. The zero-order valence-corrected chi connectivity index (χ0v) is 7.50. The summed E-state index contributed by atoms with van der Waals surface area (Å²) in [4.78, 5) is 11.1. The Bertz CT molecular complexity index is 280. The monoisotopic (exact) mass is 190 g/mol. The molecule has 1 aromatic rings. The maximum Gasteiger partial charge on any atom is 0.308 e. The lowest BCUT2D eigenvalue weighted by molar-refractivity contribution is -0.136. The van der Waals surface area contributed by atoms with Crippen LogP contribution in [0, 0.1) is 6.92 Å². The highest BCUT2D eigenvalue weighted by Gasteiger charge is 2.07. The summed E-state index contributed by atoms with van der Waals surface area (Å²) in [5.74, 6) is -0.813. The number of hydrogen-bond donors (Lipinski definition) is 1. The van der Waals surface area contributed by atoms with Crippen LogP contribution in [0.3, 0.4) is 0 Å². The van der Waals surface area contributed by atoms with Crippen molar-refractivity contribution < 1.29 is 9.90 Å². The van der Waals surface area contributed by atoms with E-state index in [1.807, 2.05) is 6.92 Å². The molecule has 0 saturated heterocycles. The lowest BCUT2D eigenvalue weighted by atomic mass is 10.2. The Balaban J connectivity index is 2.85. The fourth-order valence-electron chi connectivity index (χ4n) is 0.791. The third-order valence-electron chi connectivity index (χ3n) is 1.30. The van der Waals surface area contributed by atoms with Crippen LogP contribution in [0.15, 0.2) is 6.07 Å². The van der Waals surface area contributed by atoms with Crippen LogP contribution in [0.1, 0.15) is 10.4 Å². The molecule has 1 heterocycles. The number of aryl methyl sites for hydroxylation is 1. The van der Waals surface area contributed by atoms with Crippen LogP contribution in [0.2, 0.25) is 4.34 Å². The molecule has 0 aliphatic heterocycles. The molecule has 0 spiro atoms. The Kier molecular flexibility index (Phi) is 2.52. The van der Waals surface area contributed by atoms with Crippen molar-refractivity contribution in [1.82, 2.24) is 0 Å².